The van der Waals surface area contributed by atoms with E-state index in [1.54, 1.807) is 0 Å². The number of rotatable bonds is 2. The van der Waals surface area contributed by atoms with Gasteiger partial charge in [-0.25, -0.2) is 4.98 Å². The third-order valence-electron chi connectivity index (χ3n) is 3.41. The summed E-state index contributed by atoms with van der Waals surface area (Å²) >= 11 is 0. The summed E-state index contributed by atoms with van der Waals surface area (Å²) in [6.07, 6.45) is 2.95. The maximum Gasteiger partial charge on any atom is 0.123 e. The number of aromatic nitrogens is 1. The third-order valence-corrected chi connectivity index (χ3v) is 3.41. The zero-order chi connectivity index (χ0) is 11.8. The van der Waals surface area contributed by atoms with Crippen molar-refractivity contribution < 1.29 is 0 Å². The lowest BCUT2D eigenvalue weighted by Gasteiger charge is -2.23. The molecule has 2 heteroatoms. The number of hydrogen-bond acceptors (Lipinski definition) is 2. The Labute approximate surface area is 96.5 Å². The van der Waals surface area contributed by atoms with Gasteiger partial charge in [-0.1, -0.05) is 39.0 Å². The van der Waals surface area contributed by atoms with Crippen LogP contribution in [0.1, 0.15) is 32.8 Å². The lowest BCUT2D eigenvalue weighted by Crippen LogP contribution is -2.15. The first-order chi connectivity index (χ1) is 7.53. The van der Waals surface area contributed by atoms with Crippen molar-refractivity contribution in [3.63, 3.8) is 0 Å². The minimum Gasteiger partial charge on any atom is -0.384 e. The van der Waals surface area contributed by atoms with Gasteiger partial charge in [0.2, 0.25) is 0 Å². The van der Waals surface area contributed by atoms with Crippen molar-refractivity contribution in [2.24, 2.45) is 0 Å². The summed E-state index contributed by atoms with van der Waals surface area (Å²) in [5.74, 6) is 0.582. The van der Waals surface area contributed by atoms with Crippen LogP contribution in [-0.2, 0) is 5.41 Å². The van der Waals surface area contributed by atoms with Gasteiger partial charge in [0.25, 0.3) is 0 Å². The van der Waals surface area contributed by atoms with Crippen LogP contribution in [-0.4, -0.2) is 4.98 Å². The molecule has 2 aromatic rings. The lowest BCUT2D eigenvalue weighted by molar-refractivity contribution is 0.507. The molecule has 0 unspecified atom stereocenters. The fourth-order valence-electron chi connectivity index (χ4n) is 1.78. The number of benzene rings is 1. The number of fused-ring (bicyclic) bond motifs is 1. The fourth-order valence-corrected chi connectivity index (χ4v) is 1.78. The van der Waals surface area contributed by atoms with E-state index in [9.17, 15) is 0 Å². The van der Waals surface area contributed by atoms with E-state index < -0.39 is 0 Å². The van der Waals surface area contributed by atoms with Crippen LogP contribution in [0.3, 0.4) is 0 Å². The zero-order valence-electron chi connectivity index (χ0n) is 10.1. The van der Waals surface area contributed by atoms with Crippen LogP contribution in [0.4, 0.5) is 5.82 Å². The highest BCUT2D eigenvalue weighted by molar-refractivity contribution is 5.84. The Kier molecular flexibility index (Phi) is 2.58. The Hall–Kier alpha value is -1.57. The molecule has 1 aromatic heterocycles. The quantitative estimate of drug-likeness (QED) is 0.831. The molecule has 0 radical (unpaired) electrons. The Morgan fingerprint density at radius 1 is 1.19 bits per heavy atom. The topological polar surface area (TPSA) is 38.9 Å². The van der Waals surface area contributed by atoms with E-state index >= 15 is 0 Å². The molecule has 2 rings (SSSR count). The molecule has 0 bridgehead atoms. The minimum absolute atomic E-state index is 0.215. The molecule has 0 saturated heterocycles. The van der Waals surface area contributed by atoms with Gasteiger partial charge < -0.3 is 5.73 Å². The van der Waals surface area contributed by atoms with Crippen LogP contribution in [0, 0.1) is 0 Å². The van der Waals surface area contributed by atoms with Crippen LogP contribution < -0.4 is 5.73 Å². The SMILES string of the molecule is CCC(C)(C)c1ccc2cnc(N)cc2c1. The van der Waals surface area contributed by atoms with Crippen molar-refractivity contribution >= 4 is 16.6 Å². The van der Waals surface area contributed by atoms with Gasteiger partial charge >= 0.3 is 0 Å². The normalized spacial score (nSPS) is 11.9. The largest absolute Gasteiger partial charge is 0.384 e. The summed E-state index contributed by atoms with van der Waals surface area (Å²) in [4.78, 5) is 4.10. The summed E-state index contributed by atoms with van der Waals surface area (Å²) in [7, 11) is 0. The van der Waals surface area contributed by atoms with Gasteiger partial charge in [0.15, 0.2) is 0 Å². The van der Waals surface area contributed by atoms with E-state index in [0.29, 0.717) is 5.82 Å². The van der Waals surface area contributed by atoms with Crippen molar-refractivity contribution in [1.29, 1.82) is 0 Å². The van der Waals surface area contributed by atoms with Gasteiger partial charge in [-0.3, -0.25) is 0 Å². The monoisotopic (exact) mass is 214 g/mol. The minimum atomic E-state index is 0.215. The lowest BCUT2D eigenvalue weighted by atomic mass is 9.81. The van der Waals surface area contributed by atoms with Crippen LogP contribution in [0.25, 0.3) is 10.8 Å². The number of hydrogen-bond donors (Lipinski definition) is 1. The van der Waals surface area contributed by atoms with E-state index in [0.717, 1.165) is 11.8 Å². The predicted molar refractivity (Wildman–Crippen MR) is 69.5 cm³/mol. The maximum absolute atomic E-state index is 5.70. The number of anilines is 1. The van der Waals surface area contributed by atoms with Gasteiger partial charge in [0, 0.05) is 11.6 Å². The predicted octanol–water partition coefficient (Wildman–Crippen LogP) is 3.50. The van der Waals surface area contributed by atoms with Crippen molar-refractivity contribution in [1.82, 2.24) is 4.98 Å². The highest BCUT2D eigenvalue weighted by Crippen LogP contribution is 2.29. The van der Waals surface area contributed by atoms with Gasteiger partial charge in [0.1, 0.15) is 5.82 Å². The van der Waals surface area contributed by atoms with E-state index in [2.05, 4.69) is 44.0 Å². The molecule has 1 aromatic carbocycles. The number of nitrogens with two attached hydrogens (primary N) is 1. The highest BCUT2D eigenvalue weighted by atomic mass is 14.8. The van der Waals surface area contributed by atoms with Crippen LogP contribution in [0.2, 0.25) is 0 Å². The van der Waals surface area contributed by atoms with Crippen LogP contribution in [0.5, 0.6) is 0 Å². The van der Waals surface area contributed by atoms with Gasteiger partial charge in [-0.05, 0) is 28.9 Å². The number of pyridine rings is 1. The first kappa shape index (κ1) is 10.9. The molecule has 16 heavy (non-hydrogen) atoms. The van der Waals surface area contributed by atoms with Crippen molar-refractivity contribution in [2.45, 2.75) is 32.6 Å². The highest BCUT2D eigenvalue weighted by Gasteiger charge is 2.17. The molecule has 2 nitrogen and oxygen atoms in total. The standard InChI is InChI=1S/C14H18N2/c1-4-14(2,3)12-6-5-10-9-16-13(15)8-11(10)7-12/h5-9H,4H2,1-3H3,(H2,15,16). The smallest absolute Gasteiger partial charge is 0.123 e. The molecule has 0 amide bonds. The van der Waals surface area contributed by atoms with E-state index in [4.69, 9.17) is 5.73 Å². The number of nitrogen functional groups attached to an aromatic ring is 1. The summed E-state index contributed by atoms with van der Waals surface area (Å²) in [6, 6.07) is 8.46. The maximum atomic E-state index is 5.70. The zero-order valence-corrected chi connectivity index (χ0v) is 10.1. The van der Waals surface area contributed by atoms with Crippen LogP contribution >= 0.6 is 0 Å². The van der Waals surface area contributed by atoms with Gasteiger partial charge in [-0.15, -0.1) is 0 Å². The first-order valence-corrected chi connectivity index (χ1v) is 5.69. The molecule has 0 saturated carbocycles. The van der Waals surface area contributed by atoms with Crippen LogP contribution in [0.15, 0.2) is 30.5 Å². The van der Waals surface area contributed by atoms with Gasteiger partial charge in [0.05, 0.1) is 0 Å². The Morgan fingerprint density at radius 3 is 2.62 bits per heavy atom. The molecule has 0 aliphatic rings. The summed E-state index contributed by atoms with van der Waals surface area (Å²) in [5.41, 5.74) is 7.27. The summed E-state index contributed by atoms with van der Waals surface area (Å²) < 4.78 is 0. The molecular weight excluding hydrogens is 196 g/mol. The molecule has 0 atom stereocenters. The first-order valence-electron chi connectivity index (χ1n) is 5.69. The van der Waals surface area contributed by atoms with E-state index in [1.165, 1.54) is 10.9 Å². The third kappa shape index (κ3) is 1.87. The number of nitrogens with zero attached hydrogens (tertiary/aromatic N) is 1. The van der Waals surface area contributed by atoms with Gasteiger partial charge in [-0.2, -0.15) is 0 Å². The molecule has 0 aliphatic heterocycles. The second kappa shape index (κ2) is 3.78. The average Bonchev–Trinajstić information content (AvgIpc) is 2.28. The van der Waals surface area contributed by atoms with Crippen molar-refractivity contribution in [3.8, 4) is 0 Å². The Bertz CT molecular complexity index is 515. The molecule has 84 valence electrons. The molecule has 0 fully saturated rings. The molecule has 2 N–H and O–H groups in total. The Balaban J connectivity index is 2.59. The summed E-state index contributed by atoms with van der Waals surface area (Å²) in [5, 5.41) is 2.32. The second-order valence-corrected chi connectivity index (χ2v) is 4.91. The molecule has 1 heterocycles. The summed E-state index contributed by atoms with van der Waals surface area (Å²) in [6.45, 7) is 6.74. The molecular formula is C14H18N2. The average molecular weight is 214 g/mol. The van der Waals surface area contributed by atoms with Crippen molar-refractivity contribution in [2.75, 3.05) is 5.73 Å². The van der Waals surface area contributed by atoms with Crippen molar-refractivity contribution in [3.05, 3.63) is 36.0 Å². The molecule has 0 aliphatic carbocycles. The van der Waals surface area contributed by atoms with E-state index in [1.807, 2.05) is 12.3 Å². The second-order valence-electron chi connectivity index (χ2n) is 4.91. The molecule has 0 spiro atoms. The fraction of sp³-hybridized carbons (Fsp3) is 0.357. The Morgan fingerprint density at radius 2 is 1.94 bits per heavy atom. The van der Waals surface area contributed by atoms with E-state index in [-0.39, 0.29) is 5.41 Å².